The minimum Gasteiger partial charge on any atom is -0.477 e. The van der Waals surface area contributed by atoms with Gasteiger partial charge in [-0.3, -0.25) is 4.98 Å². The molecule has 0 saturated carbocycles. The number of H-pyrrole nitrogens is 1. The number of pyridine rings is 1. The number of carboxylic acids is 1. The summed E-state index contributed by atoms with van der Waals surface area (Å²) in [5, 5.41) is 8.73. The number of aromatic amines is 1. The molecule has 14 heavy (non-hydrogen) atoms. The molecule has 4 N–H and O–H groups in total. The van der Waals surface area contributed by atoms with Crippen molar-refractivity contribution in [3.63, 3.8) is 0 Å². The van der Waals surface area contributed by atoms with E-state index >= 15 is 0 Å². The van der Waals surface area contributed by atoms with Gasteiger partial charge < -0.3 is 15.8 Å². The van der Waals surface area contributed by atoms with E-state index in [1.807, 2.05) is 0 Å². The highest BCUT2D eigenvalue weighted by Gasteiger charge is 2.11. The second-order valence-corrected chi connectivity index (χ2v) is 3.62. The second kappa shape index (κ2) is 2.98. The normalized spacial score (nSPS) is 10.6. The molecular formula is C8H6BrN3O2. The first-order valence-corrected chi connectivity index (χ1v) is 4.55. The molecule has 2 heterocycles. The molecule has 0 bridgehead atoms. The van der Waals surface area contributed by atoms with E-state index < -0.39 is 5.97 Å². The number of rotatable bonds is 1. The zero-order valence-corrected chi connectivity index (χ0v) is 8.50. The van der Waals surface area contributed by atoms with Crippen molar-refractivity contribution in [2.75, 3.05) is 5.73 Å². The molecule has 0 radical (unpaired) electrons. The number of nitrogens with zero attached hydrogens (tertiary/aromatic N) is 1. The minimum atomic E-state index is -1.03. The van der Waals surface area contributed by atoms with Crippen LogP contribution in [0, 0.1) is 0 Å². The van der Waals surface area contributed by atoms with Crippen LogP contribution in [0.15, 0.2) is 16.7 Å². The van der Waals surface area contributed by atoms with Crippen molar-refractivity contribution in [3.8, 4) is 0 Å². The van der Waals surface area contributed by atoms with E-state index in [2.05, 4.69) is 25.9 Å². The summed E-state index contributed by atoms with van der Waals surface area (Å²) in [6.45, 7) is 0. The number of halogens is 1. The summed E-state index contributed by atoms with van der Waals surface area (Å²) in [6.07, 6.45) is 1.54. The van der Waals surface area contributed by atoms with Crippen molar-refractivity contribution >= 4 is 38.6 Å². The van der Waals surface area contributed by atoms with Gasteiger partial charge in [0.1, 0.15) is 5.69 Å². The van der Waals surface area contributed by atoms with E-state index in [0.717, 1.165) is 0 Å². The lowest BCUT2D eigenvalue weighted by Gasteiger charge is -1.97. The monoisotopic (exact) mass is 255 g/mol. The highest BCUT2D eigenvalue weighted by Crippen LogP contribution is 2.26. The Bertz CT molecular complexity index is 521. The van der Waals surface area contributed by atoms with Crippen molar-refractivity contribution in [1.82, 2.24) is 9.97 Å². The molecule has 2 rings (SSSR count). The smallest absolute Gasteiger partial charge is 0.352 e. The van der Waals surface area contributed by atoms with Gasteiger partial charge in [0.25, 0.3) is 0 Å². The van der Waals surface area contributed by atoms with Gasteiger partial charge in [-0.05, 0) is 22.0 Å². The number of hydrogen-bond acceptors (Lipinski definition) is 3. The first kappa shape index (κ1) is 9.01. The Labute approximate surface area is 87.1 Å². The lowest BCUT2D eigenvalue weighted by Crippen LogP contribution is -1.95. The molecular weight excluding hydrogens is 250 g/mol. The summed E-state index contributed by atoms with van der Waals surface area (Å²) >= 11 is 3.21. The van der Waals surface area contributed by atoms with E-state index in [0.29, 0.717) is 21.2 Å². The number of anilines is 1. The Hall–Kier alpha value is -1.56. The summed E-state index contributed by atoms with van der Waals surface area (Å²) in [7, 11) is 0. The fourth-order valence-electron chi connectivity index (χ4n) is 1.18. The summed E-state index contributed by atoms with van der Waals surface area (Å²) in [6, 6.07) is 1.44. The highest BCUT2D eigenvalue weighted by molar-refractivity contribution is 9.10. The molecule has 0 aromatic carbocycles. The number of nitrogens with one attached hydrogen (secondary N) is 1. The molecule has 5 nitrogen and oxygen atoms in total. The summed E-state index contributed by atoms with van der Waals surface area (Å²) in [4.78, 5) is 17.4. The Morgan fingerprint density at radius 2 is 2.36 bits per heavy atom. The van der Waals surface area contributed by atoms with Gasteiger partial charge in [-0.1, -0.05) is 0 Å². The van der Waals surface area contributed by atoms with E-state index in [1.54, 1.807) is 0 Å². The SMILES string of the molecule is Nc1c(Br)cnc2cc(C(=O)O)[nH]c12. The molecule has 0 aliphatic rings. The van der Waals surface area contributed by atoms with Crippen LogP contribution in [-0.4, -0.2) is 21.0 Å². The number of hydrogen-bond donors (Lipinski definition) is 3. The van der Waals surface area contributed by atoms with Crippen molar-refractivity contribution in [1.29, 1.82) is 0 Å². The first-order valence-electron chi connectivity index (χ1n) is 3.75. The number of carbonyl (C=O) groups is 1. The van der Waals surface area contributed by atoms with Crippen molar-refractivity contribution in [2.24, 2.45) is 0 Å². The van der Waals surface area contributed by atoms with Gasteiger partial charge in [0.15, 0.2) is 0 Å². The maximum absolute atomic E-state index is 10.7. The summed E-state index contributed by atoms with van der Waals surface area (Å²) < 4.78 is 0.642. The lowest BCUT2D eigenvalue weighted by atomic mass is 10.3. The van der Waals surface area contributed by atoms with E-state index in [-0.39, 0.29) is 5.69 Å². The fraction of sp³-hybridized carbons (Fsp3) is 0. The van der Waals surface area contributed by atoms with Gasteiger partial charge in [-0.2, -0.15) is 0 Å². The molecule has 0 amide bonds. The molecule has 0 atom stereocenters. The van der Waals surface area contributed by atoms with Crippen molar-refractivity contribution in [3.05, 3.63) is 22.4 Å². The predicted octanol–water partition coefficient (Wildman–Crippen LogP) is 1.61. The molecule has 0 aliphatic carbocycles. The predicted molar refractivity (Wildman–Crippen MR) is 55.2 cm³/mol. The molecule has 0 unspecified atom stereocenters. The van der Waals surface area contributed by atoms with Crippen LogP contribution in [0.1, 0.15) is 10.5 Å². The molecule has 2 aromatic rings. The molecule has 0 fully saturated rings. The third-order valence-electron chi connectivity index (χ3n) is 1.87. The van der Waals surface area contributed by atoms with Crippen LogP contribution in [0.25, 0.3) is 11.0 Å². The van der Waals surface area contributed by atoms with Crippen LogP contribution in [0.2, 0.25) is 0 Å². The Kier molecular flexibility index (Phi) is 1.92. The van der Waals surface area contributed by atoms with Gasteiger partial charge in [-0.15, -0.1) is 0 Å². The maximum Gasteiger partial charge on any atom is 0.352 e. The third-order valence-corrected chi connectivity index (χ3v) is 2.50. The number of aromatic nitrogens is 2. The minimum absolute atomic E-state index is 0.0808. The molecule has 0 aliphatic heterocycles. The second-order valence-electron chi connectivity index (χ2n) is 2.77. The molecule has 6 heteroatoms. The number of nitrogens with two attached hydrogens (primary N) is 1. The zero-order valence-electron chi connectivity index (χ0n) is 6.91. The standard InChI is InChI=1S/C8H6BrN3O2/c9-3-2-11-4-1-5(8(13)14)12-7(4)6(3)10/h1-2,12H,(H2,10,11)(H,13,14). The van der Waals surface area contributed by atoms with Crippen LogP contribution in [0.4, 0.5) is 5.69 Å². The molecule has 2 aromatic heterocycles. The van der Waals surface area contributed by atoms with E-state index in [9.17, 15) is 4.79 Å². The third kappa shape index (κ3) is 1.24. The van der Waals surface area contributed by atoms with Crippen LogP contribution in [-0.2, 0) is 0 Å². The molecule has 0 spiro atoms. The number of fused-ring (bicyclic) bond motifs is 1. The average Bonchev–Trinajstić information content (AvgIpc) is 2.56. The maximum atomic E-state index is 10.7. The average molecular weight is 256 g/mol. The van der Waals surface area contributed by atoms with Gasteiger partial charge in [-0.25, -0.2) is 4.79 Å². The van der Waals surface area contributed by atoms with Crippen LogP contribution in [0.5, 0.6) is 0 Å². The van der Waals surface area contributed by atoms with Gasteiger partial charge >= 0.3 is 5.97 Å². The number of nitrogen functional groups attached to an aromatic ring is 1. The van der Waals surface area contributed by atoms with Crippen LogP contribution >= 0.6 is 15.9 Å². The van der Waals surface area contributed by atoms with Crippen LogP contribution < -0.4 is 5.73 Å². The topological polar surface area (TPSA) is 92.0 Å². The molecule has 72 valence electrons. The fourth-order valence-corrected chi connectivity index (χ4v) is 1.48. The Balaban J connectivity index is 2.77. The van der Waals surface area contributed by atoms with E-state index in [1.165, 1.54) is 12.3 Å². The Morgan fingerprint density at radius 3 is 3.00 bits per heavy atom. The Morgan fingerprint density at radius 1 is 1.64 bits per heavy atom. The van der Waals surface area contributed by atoms with Gasteiger partial charge in [0.05, 0.1) is 21.2 Å². The van der Waals surface area contributed by atoms with Crippen LogP contribution in [0.3, 0.4) is 0 Å². The summed E-state index contributed by atoms with van der Waals surface area (Å²) in [5.74, 6) is -1.03. The number of aromatic carboxylic acids is 1. The molecule has 0 saturated heterocycles. The van der Waals surface area contributed by atoms with Gasteiger partial charge in [0.2, 0.25) is 0 Å². The first-order chi connectivity index (χ1) is 6.59. The van der Waals surface area contributed by atoms with Gasteiger partial charge in [0, 0.05) is 6.20 Å². The van der Waals surface area contributed by atoms with Crippen molar-refractivity contribution < 1.29 is 9.90 Å². The quantitative estimate of drug-likeness (QED) is 0.722. The van der Waals surface area contributed by atoms with E-state index in [4.69, 9.17) is 10.8 Å². The largest absolute Gasteiger partial charge is 0.477 e. The number of carboxylic acid groups (broad SMARTS) is 1. The van der Waals surface area contributed by atoms with Crippen molar-refractivity contribution in [2.45, 2.75) is 0 Å². The lowest BCUT2D eigenvalue weighted by molar-refractivity contribution is 0.0691. The zero-order chi connectivity index (χ0) is 10.3. The highest BCUT2D eigenvalue weighted by atomic mass is 79.9. The summed E-state index contributed by atoms with van der Waals surface area (Å²) in [5.41, 5.74) is 7.35.